The highest BCUT2D eigenvalue weighted by Crippen LogP contribution is 2.08. The maximum atomic E-state index is 10.8. The number of aromatic nitrogens is 3. The molecule has 0 bridgehead atoms. The van der Waals surface area contributed by atoms with Gasteiger partial charge in [-0.2, -0.15) is 0 Å². The van der Waals surface area contributed by atoms with Gasteiger partial charge in [-0.05, 0) is 6.42 Å². The van der Waals surface area contributed by atoms with Gasteiger partial charge in [-0.1, -0.05) is 37.8 Å². The molecule has 0 unspecified atom stereocenters. The van der Waals surface area contributed by atoms with Crippen molar-refractivity contribution in [2.45, 2.75) is 52.2 Å². The highest BCUT2D eigenvalue weighted by atomic mass is 16.5. The van der Waals surface area contributed by atoms with E-state index in [1.807, 2.05) is 0 Å². The molecule has 0 N–H and O–H groups in total. The molecule has 0 aliphatic heterocycles. The van der Waals surface area contributed by atoms with E-state index in [2.05, 4.69) is 17.2 Å². The van der Waals surface area contributed by atoms with Crippen LogP contribution in [-0.2, 0) is 17.9 Å². The van der Waals surface area contributed by atoms with E-state index in [1.54, 1.807) is 11.8 Å². The Bertz CT molecular complexity index is 336. The third kappa shape index (κ3) is 4.26. The van der Waals surface area contributed by atoms with Crippen LogP contribution in [0.15, 0.2) is 0 Å². The van der Waals surface area contributed by atoms with E-state index >= 15 is 0 Å². The Morgan fingerprint density at radius 3 is 2.71 bits per heavy atom. The summed E-state index contributed by atoms with van der Waals surface area (Å²) in [5.41, 5.74) is 1.17. The Hall–Kier alpha value is -1.23. The molecule has 5 heteroatoms. The zero-order chi connectivity index (χ0) is 12.5. The Labute approximate surface area is 102 Å². The number of rotatable bonds is 9. The lowest BCUT2D eigenvalue weighted by molar-refractivity contribution is 0.111. The van der Waals surface area contributed by atoms with Gasteiger partial charge in [0.1, 0.15) is 0 Å². The monoisotopic (exact) mass is 239 g/mol. The summed E-state index contributed by atoms with van der Waals surface area (Å²) in [6.07, 6.45) is 6.77. The normalized spacial score (nSPS) is 10.7. The number of hydrogen-bond acceptors (Lipinski definition) is 4. The van der Waals surface area contributed by atoms with Gasteiger partial charge in [0.15, 0.2) is 12.0 Å². The fourth-order valence-corrected chi connectivity index (χ4v) is 1.77. The number of ether oxygens (including phenoxy) is 1. The van der Waals surface area contributed by atoms with Crippen LogP contribution < -0.4 is 0 Å². The molecule has 1 aromatic rings. The number of methoxy groups -OCH3 is 1. The van der Waals surface area contributed by atoms with Gasteiger partial charge in [0, 0.05) is 13.7 Å². The number of aldehydes is 1. The van der Waals surface area contributed by atoms with Crippen LogP contribution in [0, 0.1) is 0 Å². The van der Waals surface area contributed by atoms with E-state index in [0.717, 1.165) is 24.9 Å². The minimum Gasteiger partial charge on any atom is -0.378 e. The Kier molecular flexibility index (Phi) is 6.47. The summed E-state index contributed by atoms with van der Waals surface area (Å²) in [5, 5.41) is 7.81. The average Bonchev–Trinajstić information content (AvgIpc) is 2.72. The first-order valence-corrected chi connectivity index (χ1v) is 6.20. The summed E-state index contributed by atoms with van der Waals surface area (Å²) in [6, 6.07) is 0. The molecule has 1 heterocycles. The van der Waals surface area contributed by atoms with E-state index in [1.165, 1.54) is 25.7 Å². The van der Waals surface area contributed by atoms with Crippen LogP contribution in [0.4, 0.5) is 0 Å². The number of nitrogens with zero attached hydrogens (tertiary/aromatic N) is 3. The van der Waals surface area contributed by atoms with Crippen molar-refractivity contribution < 1.29 is 9.53 Å². The molecule has 96 valence electrons. The second-order valence-corrected chi connectivity index (χ2v) is 4.11. The maximum absolute atomic E-state index is 10.8. The van der Waals surface area contributed by atoms with Crippen LogP contribution in [-0.4, -0.2) is 28.4 Å². The molecule has 5 nitrogen and oxygen atoms in total. The SMILES string of the molecule is CCCCCCCn1nnc(C=O)c1COC. The van der Waals surface area contributed by atoms with E-state index in [0.29, 0.717) is 12.3 Å². The number of aryl methyl sites for hydroxylation is 1. The largest absolute Gasteiger partial charge is 0.378 e. The molecule has 0 saturated carbocycles. The van der Waals surface area contributed by atoms with Gasteiger partial charge in [-0.15, -0.1) is 5.10 Å². The first-order valence-electron chi connectivity index (χ1n) is 6.20. The molecule has 0 radical (unpaired) electrons. The van der Waals surface area contributed by atoms with E-state index < -0.39 is 0 Å². The standard InChI is InChI=1S/C12H21N3O2/c1-3-4-5-6-7-8-15-12(10-17-2)11(9-16)13-14-15/h9H,3-8,10H2,1-2H3. The van der Waals surface area contributed by atoms with Crippen molar-refractivity contribution in [2.75, 3.05) is 7.11 Å². The van der Waals surface area contributed by atoms with E-state index in [9.17, 15) is 4.79 Å². The summed E-state index contributed by atoms with van der Waals surface area (Å²) in [6.45, 7) is 3.39. The van der Waals surface area contributed by atoms with Gasteiger partial charge >= 0.3 is 0 Å². The topological polar surface area (TPSA) is 57.0 Å². The van der Waals surface area contributed by atoms with Crippen LogP contribution in [0.2, 0.25) is 0 Å². The molecule has 0 spiro atoms. The van der Waals surface area contributed by atoms with Crippen LogP contribution >= 0.6 is 0 Å². The molecule has 0 aliphatic rings. The number of hydrogen-bond donors (Lipinski definition) is 0. The lowest BCUT2D eigenvalue weighted by Crippen LogP contribution is -2.07. The lowest BCUT2D eigenvalue weighted by atomic mass is 10.1. The Morgan fingerprint density at radius 1 is 1.29 bits per heavy atom. The molecule has 1 rings (SSSR count). The molecule has 1 aromatic heterocycles. The van der Waals surface area contributed by atoms with Crippen molar-refractivity contribution >= 4 is 6.29 Å². The molecule has 0 amide bonds. The van der Waals surface area contributed by atoms with Crippen molar-refractivity contribution in [3.63, 3.8) is 0 Å². The summed E-state index contributed by atoms with van der Waals surface area (Å²) >= 11 is 0. The number of carbonyl (C=O) groups is 1. The fraction of sp³-hybridized carbons (Fsp3) is 0.750. The zero-order valence-corrected chi connectivity index (χ0v) is 10.7. The van der Waals surface area contributed by atoms with Crippen molar-refractivity contribution in [3.8, 4) is 0 Å². The third-order valence-electron chi connectivity index (χ3n) is 2.73. The number of carbonyl (C=O) groups excluding carboxylic acids is 1. The van der Waals surface area contributed by atoms with Crippen LogP contribution in [0.3, 0.4) is 0 Å². The molecule has 0 saturated heterocycles. The molecule has 0 atom stereocenters. The molecular weight excluding hydrogens is 218 g/mol. The molecule has 0 aromatic carbocycles. The smallest absolute Gasteiger partial charge is 0.172 e. The van der Waals surface area contributed by atoms with Crippen molar-refractivity contribution in [1.29, 1.82) is 0 Å². The fourth-order valence-electron chi connectivity index (χ4n) is 1.77. The maximum Gasteiger partial charge on any atom is 0.172 e. The minimum absolute atomic E-state index is 0.385. The first-order chi connectivity index (χ1) is 8.33. The predicted octanol–water partition coefficient (Wildman–Crippen LogP) is 2.21. The lowest BCUT2D eigenvalue weighted by Gasteiger charge is -2.05. The van der Waals surface area contributed by atoms with E-state index in [-0.39, 0.29) is 0 Å². The van der Waals surface area contributed by atoms with E-state index in [4.69, 9.17) is 4.74 Å². The summed E-state index contributed by atoms with van der Waals surface area (Å²) in [4.78, 5) is 10.8. The second kappa shape index (κ2) is 7.95. The van der Waals surface area contributed by atoms with Gasteiger partial charge in [-0.25, -0.2) is 4.68 Å². The van der Waals surface area contributed by atoms with Crippen LogP contribution in [0.1, 0.15) is 55.2 Å². The molecular formula is C12H21N3O2. The van der Waals surface area contributed by atoms with Gasteiger partial charge in [0.05, 0.1) is 12.3 Å². The summed E-state index contributed by atoms with van der Waals surface area (Å²) < 4.78 is 6.83. The molecule has 0 aliphatic carbocycles. The molecule has 0 fully saturated rings. The third-order valence-corrected chi connectivity index (χ3v) is 2.73. The van der Waals surface area contributed by atoms with Crippen LogP contribution in [0.5, 0.6) is 0 Å². The van der Waals surface area contributed by atoms with Crippen molar-refractivity contribution in [2.24, 2.45) is 0 Å². The average molecular weight is 239 g/mol. The second-order valence-electron chi connectivity index (χ2n) is 4.11. The highest BCUT2D eigenvalue weighted by molar-refractivity contribution is 5.73. The van der Waals surface area contributed by atoms with Gasteiger partial charge in [0.25, 0.3) is 0 Å². The number of unbranched alkanes of at least 4 members (excludes halogenated alkanes) is 4. The Morgan fingerprint density at radius 2 is 2.06 bits per heavy atom. The zero-order valence-electron chi connectivity index (χ0n) is 10.7. The van der Waals surface area contributed by atoms with Crippen LogP contribution in [0.25, 0.3) is 0 Å². The predicted molar refractivity (Wildman–Crippen MR) is 64.9 cm³/mol. The van der Waals surface area contributed by atoms with Gasteiger partial charge in [0.2, 0.25) is 0 Å². The first kappa shape index (κ1) is 13.8. The minimum atomic E-state index is 0.385. The van der Waals surface area contributed by atoms with Crippen molar-refractivity contribution in [3.05, 3.63) is 11.4 Å². The summed E-state index contributed by atoms with van der Waals surface area (Å²) in [5.74, 6) is 0. The van der Waals surface area contributed by atoms with Gasteiger partial charge < -0.3 is 4.74 Å². The molecule has 17 heavy (non-hydrogen) atoms. The highest BCUT2D eigenvalue weighted by Gasteiger charge is 2.11. The van der Waals surface area contributed by atoms with Gasteiger partial charge in [-0.3, -0.25) is 4.79 Å². The quantitative estimate of drug-likeness (QED) is 0.489. The van der Waals surface area contributed by atoms with Crippen molar-refractivity contribution in [1.82, 2.24) is 15.0 Å². The Balaban J connectivity index is 2.46. The summed E-state index contributed by atoms with van der Waals surface area (Å²) in [7, 11) is 1.60.